The lowest BCUT2D eigenvalue weighted by molar-refractivity contribution is -0.113. The molecule has 0 saturated heterocycles. The van der Waals surface area contributed by atoms with Gasteiger partial charge in [0.15, 0.2) is 4.34 Å². The maximum absolute atomic E-state index is 11.9. The zero-order valence-corrected chi connectivity index (χ0v) is 16.5. The Hall–Kier alpha value is -0.470. The fraction of sp³-hybridized carbons (Fsp3) is 0.357. The molecule has 1 aromatic heterocycles. The average Bonchev–Trinajstić information content (AvgIpc) is 2.87. The Labute approximate surface area is 157 Å². The molecule has 0 fully saturated rings. The number of halogens is 2. The number of amides is 1. The van der Waals surface area contributed by atoms with Gasteiger partial charge in [-0.05, 0) is 17.7 Å². The van der Waals surface area contributed by atoms with Crippen LogP contribution < -0.4 is 5.32 Å². The fourth-order valence-corrected chi connectivity index (χ4v) is 4.93. The van der Waals surface area contributed by atoms with Crippen molar-refractivity contribution in [3.63, 3.8) is 0 Å². The highest BCUT2D eigenvalue weighted by Crippen LogP contribution is 2.29. The summed E-state index contributed by atoms with van der Waals surface area (Å²) in [4.78, 5) is 11.9. The van der Waals surface area contributed by atoms with E-state index in [9.17, 15) is 4.79 Å². The van der Waals surface area contributed by atoms with Crippen molar-refractivity contribution in [2.45, 2.75) is 29.2 Å². The van der Waals surface area contributed by atoms with Crippen molar-refractivity contribution < 1.29 is 4.79 Å². The molecule has 9 heteroatoms. The van der Waals surface area contributed by atoms with Crippen molar-refractivity contribution in [3.05, 3.63) is 33.8 Å². The summed E-state index contributed by atoms with van der Waals surface area (Å²) in [5.41, 5.74) is 0.959. The van der Waals surface area contributed by atoms with Gasteiger partial charge in [0.25, 0.3) is 0 Å². The number of nitrogens with one attached hydrogen (secondary N) is 1. The fourth-order valence-electron chi connectivity index (χ4n) is 1.56. The van der Waals surface area contributed by atoms with Gasteiger partial charge in [-0.3, -0.25) is 10.1 Å². The van der Waals surface area contributed by atoms with E-state index in [0.717, 1.165) is 9.90 Å². The molecule has 1 heterocycles. The van der Waals surface area contributed by atoms with Crippen molar-refractivity contribution in [1.29, 1.82) is 0 Å². The predicted molar refractivity (Wildman–Crippen MR) is 102 cm³/mol. The molecule has 0 unspecified atom stereocenters. The van der Waals surface area contributed by atoms with E-state index in [1.54, 1.807) is 23.9 Å². The van der Waals surface area contributed by atoms with Crippen molar-refractivity contribution in [2.24, 2.45) is 0 Å². The number of hydrogen-bond acceptors (Lipinski definition) is 6. The van der Waals surface area contributed by atoms with Crippen LogP contribution in [0, 0.1) is 0 Å². The van der Waals surface area contributed by atoms with E-state index in [4.69, 9.17) is 23.2 Å². The van der Waals surface area contributed by atoms with Crippen LogP contribution in [0.25, 0.3) is 0 Å². The standard InChI is InChI=1S/C14H15Cl2N3OS3/c1-8(2)22-14-19-18-13(23-14)17-12(20)7-21-6-9-3-4-10(15)5-11(9)16/h3-5,8H,6-7H2,1-2H3,(H,17,18,20). The monoisotopic (exact) mass is 407 g/mol. The van der Waals surface area contributed by atoms with Crippen LogP contribution in [0.2, 0.25) is 10.0 Å². The first kappa shape index (κ1) is 18.9. The second-order valence-electron chi connectivity index (χ2n) is 4.82. The first-order valence-electron chi connectivity index (χ1n) is 6.75. The molecule has 0 saturated carbocycles. The quantitative estimate of drug-likeness (QED) is 0.503. The molecule has 1 aromatic carbocycles. The molecule has 0 aliphatic carbocycles. The van der Waals surface area contributed by atoms with E-state index in [1.165, 1.54) is 23.1 Å². The molecule has 124 valence electrons. The van der Waals surface area contributed by atoms with Gasteiger partial charge < -0.3 is 0 Å². The molecule has 0 radical (unpaired) electrons. The Kier molecular flexibility index (Phi) is 7.49. The predicted octanol–water partition coefficient (Wildman–Crippen LogP) is 5.22. The zero-order valence-electron chi connectivity index (χ0n) is 12.5. The normalized spacial score (nSPS) is 11.0. The van der Waals surface area contributed by atoms with Gasteiger partial charge in [0.1, 0.15) is 0 Å². The van der Waals surface area contributed by atoms with Gasteiger partial charge in [-0.15, -0.1) is 22.0 Å². The maximum atomic E-state index is 11.9. The molecule has 23 heavy (non-hydrogen) atoms. The van der Waals surface area contributed by atoms with Crippen LogP contribution in [0.3, 0.4) is 0 Å². The molecule has 1 amide bonds. The third-order valence-electron chi connectivity index (χ3n) is 2.50. The Bertz CT molecular complexity index is 679. The lowest BCUT2D eigenvalue weighted by atomic mass is 10.2. The van der Waals surface area contributed by atoms with Crippen LogP contribution >= 0.6 is 58.1 Å². The van der Waals surface area contributed by atoms with Crippen LogP contribution in [0.15, 0.2) is 22.5 Å². The molecular formula is C14H15Cl2N3OS3. The highest BCUT2D eigenvalue weighted by Gasteiger charge is 2.10. The Morgan fingerprint density at radius 3 is 2.83 bits per heavy atom. The summed E-state index contributed by atoms with van der Waals surface area (Å²) in [5.74, 6) is 0.872. The number of anilines is 1. The van der Waals surface area contributed by atoms with E-state index in [-0.39, 0.29) is 5.91 Å². The SMILES string of the molecule is CC(C)Sc1nnc(NC(=O)CSCc2ccc(Cl)cc2Cl)s1. The molecule has 4 nitrogen and oxygen atoms in total. The summed E-state index contributed by atoms with van der Waals surface area (Å²) in [6, 6.07) is 5.36. The van der Waals surface area contributed by atoms with Crippen LogP contribution in [0.5, 0.6) is 0 Å². The van der Waals surface area contributed by atoms with Crippen LogP contribution in [0.4, 0.5) is 5.13 Å². The summed E-state index contributed by atoms with van der Waals surface area (Å²) >= 11 is 16.5. The Balaban J connectivity index is 1.77. The van der Waals surface area contributed by atoms with Gasteiger partial charge in [0, 0.05) is 21.0 Å². The second kappa shape index (κ2) is 9.13. The number of thioether (sulfide) groups is 2. The van der Waals surface area contributed by atoms with Crippen LogP contribution in [-0.2, 0) is 10.5 Å². The third-order valence-corrected chi connectivity index (χ3v) is 5.99. The van der Waals surface area contributed by atoms with E-state index in [2.05, 4.69) is 29.4 Å². The minimum atomic E-state index is -0.0997. The summed E-state index contributed by atoms with van der Waals surface area (Å²) in [5, 5.41) is 13.0. The summed E-state index contributed by atoms with van der Waals surface area (Å²) < 4.78 is 0.857. The van der Waals surface area contributed by atoms with E-state index in [0.29, 0.717) is 31.9 Å². The highest BCUT2D eigenvalue weighted by molar-refractivity contribution is 8.01. The number of aromatic nitrogens is 2. The molecule has 0 atom stereocenters. The van der Waals surface area contributed by atoms with Crippen LogP contribution in [-0.4, -0.2) is 27.1 Å². The number of rotatable bonds is 7. The van der Waals surface area contributed by atoms with Gasteiger partial charge in [0.2, 0.25) is 11.0 Å². The van der Waals surface area contributed by atoms with Gasteiger partial charge >= 0.3 is 0 Å². The van der Waals surface area contributed by atoms with E-state index >= 15 is 0 Å². The van der Waals surface area contributed by atoms with Crippen molar-refractivity contribution in [3.8, 4) is 0 Å². The topological polar surface area (TPSA) is 54.9 Å². The van der Waals surface area contributed by atoms with Gasteiger partial charge in [0.05, 0.1) is 5.75 Å². The molecule has 1 N–H and O–H groups in total. The smallest absolute Gasteiger partial charge is 0.236 e. The first-order chi connectivity index (χ1) is 10.9. The molecule has 0 bridgehead atoms. The highest BCUT2D eigenvalue weighted by atomic mass is 35.5. The number of hydrogen-bond donors (Lipinski definition) is 1. The van der Waals surface area contributed by atoms with Gasteiger partial charge in [-0.25, -0.2) is 0 Å². The molecule has 0 aliphatic rings. The minimum absolute atomic E-state index is 0.0997. The Morgan fingerprint density at radius 1 is 1.35 bits per heavy atom. The molecule has 2 rings (SSSR count). The largest absolute Gasteiger partial charge is 0.300 e. The number of benzene rings is 1. The number of carbonyl (C=O) groups excluding carboxylic acids is 1. The molecule has 0 spiro atoms. The van der Waals surface area contributed by atoms with Gasteiger partial charge in [-0.2, -0.15) is 0 Å². The summed E-state index contributed by atoms with van der Waals surface area (Å²) in [6.45, 7) is 4.17. The third kappa shape index (κ3) is 6.51. The summed E-state index contributed by atoms with van der Waals surface area (Å²) in [6.07, 6.45) is 0. The molecule has 2 aromatic rings. The van der Waals surface area contributed by atoms with Crippen molar-refractivity contribution in [2.75, 3.05) is 11.1 Å². The number of carbonyl (C=O) groups is 1. The number of nitrogens with zero attached hydrogens (tertiary/aromatic N) is 2. The van der Waals surface area contributed by atoms with E-state index < -0.39 is 0 Å². The Morgan fingerprint density at radius 2 is 2.13 bits per heavy atom. The van der Waals surface area contributed by atoms with Crippen molar-refractivity contribution in [1.82, 2.24) is 10.2 Å². The second-order valence-corrected chi connectivity index (χ2v) is 9.45. The van der Waals surface area contributed by atoms with E-state index in [1.807, 2.05) is 6.07 Å². The molecular weight excluding hydrogens is 393 g/mol. The van der Waals surface area contributed by atoms with Gasteiger partial charge in [-0.1, -0.05) is 66.2 Å². The van der Waals surface area contributed by atoms with Crippen LogP contribution in [0.1, 0.15) is 19.4 Å². The average molecular weight is 408 g/mol. The maximum Gasteiger partial charge on any atom is 0.236 e. The lowest BCUT2D eigenvalue weighted by Gasteiger charge is -2.04. The minimum Gasteiger partial charge on any atom is -0.300 e. The first-order valence-corrected chi connectivity index (χ1v) is 10.4. The van der Waals surface area contributed by atoms with Crippen molar-refractivity contribution >= 4 is 69.1 Å². The zero-order chi connectivity index (χ0) is 16.8. The summed E-state index contributed by atoms with van der Waals surface area (Å²) in [7, 11) is 0. The lowest BCUT2D eigenvalue weighted by Crippen LogP contribution is -2.14. The molecule has 0 aliphatic heterocycles.